The van der Waals surface area contributed by atoms with Crippen molar-refractivity contribution < 1.29 is 9.18 Å². The van der Waals surface area contributed by atoms with Crippen LogP contribution in [0.1, 0.15) is 18.4 Å². The second kappa shape index (κ2) is 9.48. The van der Waals surface area contributed by atoms with Gasteiger partial charge < -0.3 is 10.2 Å². The minimum atomic E-state index is -0.266. The molecule has 0 bridgehead atoms. The number of hydrogen-bond donors (Lipinski definition) is 1. The monoisotopic (exact) mass is 404 g/mol. The molecule has 1 unspecified atom stereocenters. The molecule has 0 radical (unpaired) electrons. The number of nitrogens with one attached hydrogen (secondary N) is 1. The van der Waals surface area contributed by atoms with Gasteiger partial charge in [-0.2, -0.15) is 0 Å². The minimum absolute atomic E-state index is 0.0603. The van der Waals surface area contributed by atoms with E-state index in [4.69, 9.17) is 0 Å². The van der Waals surface area contributed by atoms with Gasteiger partial charge in [0.1, 0.15) is 5.82 Å². The zero-order chi connectivity index (χ0) is 20.8. The number of benzene rings is 2. The fraction of sp³-hybridized carbons (Fsp3) is 0.292. The highest BCUT2D eigenvalue weighted by molar-refractivity contribution is 5.79. The van der Waals surface area contributed by atoms with E-state index in [0.29, 0.717) is 19.0 Å². The van der Waals surface area contributed by atoms with Crippen LogP contribution in [0.15, 0.2) is 67.0 Å². The highest BCUT2D eigenvalue weighted by Gasteiger charge is 2.26. The molecular weight excluding hydrogens is 379 g/mol. The maximum absolute atomic E-state index is 13.1. The molecule has 0 spiro atoms. The molecule has 3 aromatic rings. The molecule has 5 nitrogen and oxygen atoms in total. The largest absolute Gasteiger partial charge is 0.355 e. The molecule has 30 heavy (non-hydrogen) atoms. The van der Waals surface area contributed by atoms with Gasteiger partial charge in [0.05, 0.1) is 5.92 Å². The first-order valence-corrected chi connectivity index (χ1v) is 10.3. The van der Waals surface area contributed by atoms with E-state index in [9.17, 15) is 9.18 Å². The van der Waals surface area contributed by atoms with Crippen LogP contribution in [0.3, 0.4) is 0 Å². The van der Waals surface area contributed by atoms with Crippen molar-refractivity contribution in [2.75, 3.05) is 24.5 Å². The van der Waals surface area contributed by atoms with Crippen LogP contribution in [-0.2, 0) is 11.2 Å². The molecule has 1 aliphatic rings. The highest BCUT2D eigenvalue weighted by Crippen LogP contribution is 2.23. The van der Waals surface area contributed by atoms with Gasteiger partial charge in [0, 0.05) is 37.6 Å². The zero-order valence-electron chi connectivity index (χ0n) is 16.8. The number of piperidine rings is 1. The molecule has 1 amide bonds. The van der Waals surface area contributed by atoms with E-state index in [1.807, 2.05) is 18.2 Å². The van der Waals surface area contributed by atoms with Gasteiger partial charge in [-0.05, 0) is 42.5 Å². The van der Waals surface area contributed by atoms with Crippen molar-refractivity contribution in [1.82, 2.24) is 15.3 Å². The highest BCUT2D eigenvalue weighted by atomic mass is 19.1. The SMILES string of the molecule is O=C(NCCc1ccccc1)C1CCCN(c2ncc(-c3ccc(F)cc3)cn2)C1. The second-order valence-corrected chi connectivity index (χ2v) is 7.59. The van der Waals surface area contributed by atoms with Crippen LogP contribution in [0.25, 0.3) is 11.1 Å². The lowest BCUT2D eigenvalue weighted by Crippen LogP contribution is -2.44. The number of carbonyl (C=O) groups excluding carboxylic acids is 1. The second-order valence-electron chi connectivity index (χ2n) is 7.59. The van der Waals surface area contributed by atoms with Crippen LogP contribution >= 0.6 is 0 Å². The van der Waals surface area contributed by atoms with Crippen LogP contribution in [-0.4, -0.2) is 35.5 Å². The maximum Gasteiger partial charge on any atom is 0.225 e. The van der Waals surface area contributed by atoms with Gasteiger partial charge in [-0.25, -0.2) is 14.4 Å². The van der Waals surface area contributed by atoms with E-state index >= 15 is 0 Å². The predicted octanol–water partition coefficient (Wildman–Crippen LogP) is 3.86. The first kappa shape index (κ1) is 20.0. The lowest BCUT2D eigenvalue weighted by Gasteiger charge is -2.32. The summed E-state index contributed by atoms with van der Waals surface area (Å²) in [5.41, 5.74) is 2.93. The summed E-state index contributed by atoms with van der Waals surface area (Å²) in [5, 5.41) is 3.07. The quantitative estimate of drug-likeness (QED) is 0.678. The third-order valence-electron chi connectivity index (χ3n) is 5.45. The summed E-state index contributed by atoms with van der Waals surface area (Å²) in [7, 11) is 0. The smallest absolute Gasteiger partial charge is 0.225 e. The Morgan fingerprint density at radius 2 is 1.77 bits per heavy atom. The molecule has 1 atom stereocenters. The van der Waals surface area contributed by atoms with Crippen molar-refractivity contribution in [1.29, 1.82) is 0 Å². The third kappa shape index (κ3) is 5.00. The van der Waals surface area contributed by atoms with Gasteiger partial charge in [-0.1, -0.05) is 42.5 Å². The average molecular weight is 404 g/mol. The number of hydrogen-bond acceptors (Lipinski definition) is 4. The van der Waals surface area contributed by atoms with Crippen molar-refractivity contribution in [3.8, 4) is 11.1 Å². The first-order valence-electron chi connectivity index (χ1n) is 10.3. The predicted molar refractivity (Wildman–Crippen MR) is 116 cm³/mol. The summed E-state index contributed by atoms with van der Waals surface area (Å²) in [5.74, 6) is 0.397. The molecule has 1 saturated heterocycles. The van der Waals surface area contributed by atoms with E-state index in [-0.39, 0.29) is 17.6 Å². The molecule has 0 aliphatic carbocycles. The third-order valence-corrected chi connectivity index (χ3v) is 5.45. The van der Waals surface area contributed by atoms with Crippen LogP contribution in [0.4, 0.5) is 10.3 Å². The fourth-order valence-electron chi connectivity index (χ4n) is 3.77. The number of nitrogens with zero attached hydrogens (tertiary/aromatic N) is 3. The lowest BCUT2D eigenvalue weighted by molar-refractivity contribution is -0.125. The number of halogens is 1. The molecule has 4 rings (SSSR count). The van der Waals surface area contributed by atoms with Gasteiger partial charge in [0.15, 0.2) is 0 Å². The fourth-order valence-corrected chi connectivity index (χ4v) is 3.77. The summed E-state index contributed by atoms with van der Waals surface area (Å²) in [6.45, 7) is 2.10. The zero-order valence-corrected chi connectivity index (χ0v) is 16.8. The summed E-state index contributed by atoms with van der Waals surface area (Å²) in [6, 6.07) is 16.4. The molecule has 1 aromatic heterocycles. The van der Waals surface area contributed by atoms with Crippen molar-refractivity contribution in [3.63, 3.8) is 0 Å². The first-order chi connectivity index (χ1) is 14.7. The van der Waals surface area contributed by atoms with Gasteiger partial charge >= 0.3 is 0 Å². The molecule has 154 valence electrons. The number of carbonyl (C=O) groups is 1. The Bertz CT molecular complexity index is 961. The summed E-state index contributed by atoms with van der Waals surface area (Å²) in [6.07, 6.45) is 6.14. The standard InChI is InChI=1S/C24H25FN4O/c25-22-10-8-19(9-11-22)21-15-27-24(28-16-21)29-14-4-7-20(17-29)23(30)26-13-12-18-5-2-1-3-6-18/h1-3,5-6,8-11,15-16,20H,4,7,12-14,17H2,(H,26,30). The number of rotatable bonds is 6. The van der Waals surface area contributed by atoms with E-state index in [1.54, 1.807) is 24.5 Å². The normalized spacial score (nSPS) is 16.3. The van der Waals surface area contributed by atoms with Crippen molar-refractivity contribution in [3.05, 3.63) is 78.4 Å². The molecule has 1 N–H and O–H groups in total. The van der Waals surface area contributed by atoms with Crippen molar-refractivity contribution in [2.45, 2.75) is 19.3 Å². The van der Waals surface area contributed by atoms with E-state index < -0.39 is 0 Å². The topological polar surface area (TPSA) is 58.1 Å². The van der Waals surface area contributed by atoms with E-state index in [2.05, 4.69) is 32.3 Å². The Hall–Kier alpha value is -3.28. The molecule has 0 saturated carbocycles. The number of anilines is 1. The lowest BCUT2D eigenvalue weighted by atomic mass is 9.97. The Kier molecular flexibility index (Phi) is 6.32. The molecular formula is C24H25FN4O. The maximum atomic E-state index is 13.1. The summed E-state index contributed by atoms with van der Waals surface area (Å²) < 4.78 is 13.1. The summed E-state index contributed by atoms with van der Waals surface area (Å²) >= 11 is 0. The van der Waals surface area contributed by atoms with Gasteiger partial charge in [-0.15, -0.1) is 0 Å². The van der Waals surface area contributed by atoms with Gasteiger partial charge in [-0.3, -0.25) is 4.79 Å². The average Bonchev–Trinajstić information content (AvgIpc) is 2.80. The van der Waals surface area contributed by atoms with E-state index in [1.165, 1.54) is 17.7 Å². The van der Waals surface area contributed by atoms with Gasteiger partial charge in [0.2, 0.25) is 11.9 Å². The molecule has 6 heteroatoms. The number of aromatic nitrogens is 2. The Morgan fingerprint density at radius 3 is 2.50 bits per heavy atom. The number of amides is 1. The summed E-state index contributed by atoms with van der Waals surface area (Å²) in [4.78, 5) is 23.7. The van der Waals surface area contributed by atoms with Crippen molar-refractivity contribution >= 4 is 11.9 Å². The van der Waals surface area contributed by atoms with Crippen LogP contribution in [0.2, 0.25) is 0 Å². The van der Waals surface area contributed by atoms with Gasteiger partial charge in [0.25, 0.3) is 0 Å². The van der Waals surface area contributed by atoms with Crippen LogP contribution in [0, 0.1) is 11.7 Å². The Labute approximate surface area is 176 Å². The molecule has 1 fully saturated rings. The Balaban J connectivity index is 1.33. The minimum Gasteiger partial charge on any atom is -0.355 e. The molecule has 2 aromatic carbocycles. The van der Waals surface area contributed by atoms with Crippen molar-refractivity contribution in [2.24, 2.45) is 5.92 Å². The Morgan fingerprint density at radius 1 is 1.03 bits per heavy atom. The van der Waals surface area contributed by atoms with Crippen LogP contribution in [0.5, 0.6) is 0 Å². The van der Waals surface area contributed by atoms with E-state index in [0.717, 1.165) is 36.9 Å². The van der Waals surface area contributed by atoms with Crippen LogP contribution < -0.4 is 10.2 Å². The molecule has 2 heterocycles. The molecule has 1 aliphatic heterocycles.